The Balaban J connectivity index is 2.16. The lowest BCUT2D eigenvalue weighted by molar-refractivity contribution is 0.102. The van der Waals surface area contributed by atoms with E-state index in [1.165, 1.54) is 69.7 Å². The molecule has 2 N–H and O–H groups in total. The largest absolute Gasteiger partial charge is 0.322 e. The standard InChI is InChI=1S/C16H19N3O5S2/c1-17-25(21,22)14-10-6-13(7-11-14)18-16(20)12-4-8-15(9-5-12)26(23,24)19(2)3/h4-11,17H,1-3H3,(H,18,20). The van der Waals surface area contributed by atoms with Crippen molar-refractivity contribution >= 4 is 31.6 Å². The van der Waals surface area contributed by atoms with Crippen molar-refractivity contribution in [2.45, 2.75) is 9.79 Å². The van der Waals surface area contributed by atoms with Crippen molar-refractivity contribution in [3.8, 4) is 0 Å². The summed E-state index contributed by atoms with van der Waals surface area (Å²) in [5.74, 6) is -0.442. The van der Waals surface area contributed by atoms with Crippen LogP contribution in [-0.4, -0.2) is 48.2 Å². The number of hydrogen-bond donors (Lipinski definition) is 2. The Bertz CT molecular complexity index is 997. The van der Waals surface area contributed by atoms with E-state index in [9.17, 15) is 21.6 Å². The van der Waals surface area contributed by atoms with Crippen LogP contribution in [0.2, 0.25) is 0 Å². The van der Waals surface area contributed by atoms with Gasteiger partial charge in [-0.1, -0.05) is 0 Å². The second kappa shape index (κ2) is 7.54. The van der Waals surface area contributed by atoms with Crippen LogP contribution in [0.1, 0.15) is 10.4 Å². The highest BCUT2D eigenvalue weighted by atomic mass is 32.2. The maximum Gasteiger partial charge on any atom is 0.255 e. The van der Waals surface area contributed by atoms with Gasteiger partial charge in [0.2, 0.25) is 20.0 Å². The van der Waals surface area contributed by atoms with Crippen LogP contribution < -0.4 is 10.0 Å². The van der Waals surface area contributed by atoms with Crippen molar-refractivity contribution in [3.05, 3.63) is 54.1 Å². The van der Waals surface area contributed by atoms with Crippen LogP contribution in [0.4, 0.5) is 5.69 Å². The number of benzene rings is 2. The van der Waals surface area contributed by atoms with Crippen molar-refractivity contribution < 1.29 is 21.6 Å². The fourth-order valence-corrected chi connectivity index (χ4v) is 3.66. The summed E-state index contributed by atoms with van der Waals surface area (Å²) in [5, 5.41) is 2.62. The minimum Gasteiger partial charge on any atom is -0.322 e. The molecule has 0 saturated heterocycles. The number of nitrogens with zero attached hydrogens (tertiary/aromatic N) is 1. The molecule has 0 aliphatic rings. The van der Waals surface area contributed by atoms with E-state index in [1.807, 2.05) is 0 Å². The van der Waals surface area contributed by atoms with Crippen LogP contribution in [0.25, 0.3) is 0 Å². The number of amides is 1. The van der Waals surface area contributed by atoms with Crippen LogP contribution in [-0.2, 0) is 20.0 Å². The van der Waals surface area contributed by atoms with Gasteiger partial charge in [0.15, 0.2) is 0 Å². The summed E-state index contributed by atoms with van der Waals surface area (Å²) in [7, 11) is -2.95. The third-order valence-electron chi connectivity index (χ3n) is 3.59. The SMILES string of the molecule is CNS(=O)(=O)c1ccc(NC(=O)c2ccc(S(=O)(=O)N(C)C)cc2)cc1. The van der Waals surface area contributed by atoms with Gasteiger partial charge in [-0.05, 0) is 55.6 Å². The maximum absolute atomic E-state index is 12.2. The van der Waals surface area contributed by atoms with Gasteiger partial charge in [-0.15, -0.1) is 0 Å². The molecule has 0 aromatic heterocycles. The topological polar surface area (TPSA) is 113 Å². The Morgan fingerprint density at radius 2 is 1.35 bits per heavy atom. The predicted molar refractivity (Wildman–Crippen MR) is 98.0 cm³/mol. The van der Waals surface area contributed by atoms with Crippen LogP contribution in [0.5, 0.6) is 0 Å². The zero-order valence-corrected chi connectivity index (χ0v) is 16.1. The van der Waals surface area contributed by atoms with Crippen LogP contribution in [0.15, 0.2) is 58.3 Å². The summed E-state index contributed by atoms with van der Waals surface area (Å²) < 4.78 is 50.6. The number of nitrogens with one attached hydrogen (secondary N) is 2. The van der Waals surface area contributed by atoms with E-state index in [0.29, 0.717) is 5.69 Å². The molecule has 2 rings (SSSR count). The summed E-state index contributed by atoms with van der Waals surface area (Å²) in [6.07, 6.45) is 0. The van der Waals surface area contributed by atoms with E-state index >= 15 is 0 Å². The number of rotatable bonds is 6. The Kier molecular flexibility index (Phi) is 5.81. The van der Waals surface area contributed by atoms with Gasteiger partial charge in [0.1, 0.15) is 0 Å². The Labute approximate surface area is 152 Å². The molecule has 2 aromatic rings. The lowest BCUT2D eigenvalue weighted by Gasteiger charge is -2.11. The van der Waals surface area contributed by atoms with Crippen molar-refractivity contribution in [1.82, 2.24) is 9.03 Å². The molecule has 0 fully saturated rings. The first-order chi connectivity index (χ1) is 12.1. The van der Waals surface area contributed by atoms with E-state index < -0.39 is 26.0 Å². The van der Waals surface area contributed by atoms with E-state index in [4.69, 9.17) is 0 Å². The highest BCUT2D eigenvalue weighted by molar-refractivity contribution is 7.89. The molecule has 0 saturated carbocycles. The van der Waals surface area contributed by atoms with Crippen molar-refractivity contribution in [3.63, 3.8) is 0 Å². The summed E-state index contributed by atoms with van der Waals surface area (Å²) in [5.41, 5.74) is 0.685. The van der Waals surface area contributed by atoms with Crippen LogP contribution >= 0.6 is 0 Å². The molecule has 1 amide bonds. The number of carbonyl (C=O) groups excluding carboxylic acids is 1. The zero-order valence-electron chi connectivity index (χ0n) is 14.4. The molecule has 0 atom stereocenters. The van der Waals surface area contributed by atoms with E-state index in [0.717, 1.165) is 4.31 Å². The third-order valence-corrected chi connectivity index (χ3v) is 6.85. The number of hydrogen-bond acceptors (Lipinski definition) is 5. The van der Waals surface area contributed by atoms with E-state index in [2.05, 4.69) is 10.0 Å². The van der Waals surface area contributed by atoms with Gasteiger partial charge in [-0.3, -0.25) is 4.79 Å². The highest BCUT2D eigenvalue weighted by Gasteiger charge is 2.17. The number of anilines is 1. The molecule has 140 valence electrons. The lowest BCUT2D eigenvalue weighted by Crippen LogP contribution is -2.22. The smallest absolute Gasteiger partial charge is 0.255 e. The van der Waals surface area contributed by atoms with Gasteiger partial charge in [0.25, 0.3) is 5.91 Å². The second-order valence-electron chi connectivity index (χ2n) is 5.50. The molecule has 0 unspecified atom stereocenters. The average Bonchev–Trinajstić information content (AvgIpc) is 2.62. The van der Waals surface area contributed by atoms with Gasteiger partial charge in [0.05, 0.1) is 9.79 Å². The van der Waals surface area contributed by atoms with Gasteiger partial charge in [0, 0.05) is 25.3 Å². The molecule has 10 heteroatoms. The fourth-order valence-electron chi connectivity index (χ4n) is 2.03. The molecule has 2 aromatic carbocycles. The molecule has 0 radical (unpaired) electrons. The summed E-state index contributed by atoms with van der Waals surface area (Å²) >= 11 is 0. The molecule has 0 aliphatic carbocycles. The van der Waals surface area contributed by atoms with Crippen molar-refractivity contribution in [2.75, 3.05) is 26.5 Å². The van der Waals surface area contributed by atoms with Gasteiger partial charge in [-0.25, -0.2) is 25.9 Å². The van der Waals surface area contributed by atoms with Crippen LogP contribution in [0.3, 0.4) is 0 Å². The third kappa shape index (κ3) is 4.28. The van der Waals surface area contributed by atoms with E-state index in [1.54, 1.807) is 0 Å². The number of sulfonamides is 2. The quantitative estimate of drug-likeness (QED) is 0.758. The highest BCUT2D eigenvalue weighted by Crippen LogP contribution is 2.17. The van der Waals surface area contributed by atoms with Crippen molar-refractivity contribution in [1.29, 1.82) is 0 Å². The second-order valence-corrected chi connectivity index (χ2v) is 9.54. The normalized spacial score (nSPS) is 12.2. The molecule has 0 bridgehead atoms. The lowest BCUT2D eigenvalue weighted by atomic mass is 10.2. The molecule has 26 heavy (non-hydrogen) atoms. The molecule has 0 spiro atoms. The minimum atomic E-state index is -3.56. The first-order valence-electron chi connectivity index (χ1n) is 7.45. The van der Waals surface area contributed by atoms with E-state index in [-0.39, 0.29) is 15.4 Å². The maximum atomic E-state index is 12.2. The number of carbonyl (C=O) groups is 1. The van der Waals surface area contributed by atoms with Gasteiger partial charge < -0.3 is 5.32 Å². The Hall–Kier alpha value is -2.27. The molecule has 0 aliphatic heterocycles. The average molecular weight is 397 g/mol. The fraction of sp³-hybridized carbons (Fsp3) is 0.188. The summed E-state index contributed by atoms with van der Waals surface area (Å²) in [6, 6.07) is 11.2. The van der Waals surface area contributed by atoms with Crippen molar-refractivity contribution in [2.24, 2.45) is 0 Å². The monoisotopic (exact) mass is 397 g/mol. The molecular weight excluding hydrogens is 378 g/mol. The zero-order chi connectivity index (χ0) is 19.5. The summed E-state index contributed by atoms with van der Waals surface area (Å²) in [4.78, 5) is 12.4. The van der Waals surface area contributed by atoms with Gasteiger partial charge in [-0.2, -0.15) is 0 Å². The molecule has 8 nitrogen and oxygen atoms in total. The molecule has 0 heterocycles. The summed E-state index contributed by atoms with van der Waals surface area (Å²) in [6.45, 7) is 0. The first-order valence-corrected chi connectivity index (χ1v) is 10.4. The Morgan fingerprint density at radius 1 is 0.846 bits per heavy atom. The predicted octanol–water partition coefficient (Wildman–Crippen LogP) is 1.10. The van der Waals surface area contributed by atoms with Crippen LogP contribution in [0, 0.1) is 0 Å². The minimum absolute atomic E-state index is 0.0799. The van der Waals surface area contributed by atoms with Gasteiger partial charge >= 0.3 is 0 Å². The Morgan fingerprint density at radius 3 is 1.81 bits per heavy atom. The first kappa shape index (κ1) is 20.0. The molecular formula is C16H19N3O5S2.